The van der Waals surface area contributed by atoms with Crippen LogP contribution in [0.3, 0.4) is 0 Å². The molecule has 0 unspecified atom stereocenters. The molecule has 12 heteroatoms. The van der Waals surface area contributed by atoms with Crippen molar-refractivity contribution in [1.82, 2.24) is 30.0 Å². The van der Waals surface area contributed by atoms with E-state index in [0.29, 0.717) is 31.2 Å². The Morgan fingerprint density at radius 3 is 2.77 bits per heavy atom. The number of nitrogens with one attached hydrogen (secondary N) is 2. The van der Waals surface area contributed by atoms with Crippen molar-refractivity contribution in [2.24, 2.45) is 0 Å². The van der Waals surface area contributed by atoms with Gasteiger partial charge in [-0.2, -0.15) is 18.3 Å². The van der Waals surface area contributed by atoms with Crippen LogP contribution in [-0.2, 0) is 6.18 Å². The third-order valence-electron chi connectivity index (χ3n) is 4.71. The molecule has 158 valence electrons. The Balaban J connectivity index is 1.47. The predicted molar refractivity (Wildman–Crippen MR) is 104 cm³/mol. The number of hydrogen-bond acceptors (Lipinski definition) is 7. The van der Waals surface area contributed by atoms with Crippen molar-refractivity contribution in [3.8, 4) is 0 Å². The normalized spacial score (nSPS) is 16.8. The molecule has 0 bridgehead atoms. The Bertz CT molecular complexity index is 1080. The number of aromatic amines is 1. The van der Waals surface area contributed by atoms with E-state index < -0.39 is 17.8 Å². The first-order chi connectivity index (χ1) is 14.2. The minimum absolute atomic E-state index is 0.0461. The number of anilines is 2. The second-order valence-electron chi connectivity index (χ2n) is 7.03. The van der Waals surface area contributed by atoms with Crippen LogP contribution in [-0.4, -0.2) is 49.0 Å². The number of thiazole rings is 1. The lowest BCUT2D eigenvalue weighted by Gasteiger charge is -2.15. The number of carbonyl (C=O) groups is 1. The highest BCUT2D eigenvalue weighted by Crippen LogP contribution is 2.31. The van der Waals surface area contributed by atoms with E-state index in [9.17, 15) is 18.0 Å². The van der Waals surface area contributed by atoms with Crippen LogP contribution >= 0.6 is 11.3 Å². The largest absolute Gasteiger partial charge is 0.432 e. The van der Waals surface area contributed by atoms with E-state index in [-0.39, 0.29) is 11.6 Å². The summed E-state index contributed by atoms with van der Waals surface area (Å²) in [5.74, 6) is 0.607. The summed E-state index contributed by atoms with van der Waals surface area (Å²) in [6.07, 6.45) is -2.16. The van der Waals surface area contributed by atoms with Crippen LogP contribution in [0.4, 0.5) is 24.1 Å². The summed E-state index contributed by atoms with van der Waals surface area (Å²) < 4.78 is 38.2. The van der Waals surface area contributed by atoms with Gasteiger partial charge in [-0.15, -0.1) is 11.3 Å². The molecule has 8 nitrogen and oxygen atoms in total. The molecule has 30 heavy (non-hydrogen) atoms. The number of H-pyrrole nitrogens is 1. The Kier molecular flexibility index (Phi) is 5.18. The number of aromatic nitrogens is 5. The topological polar surface area (TPSA) is 99.7 Å². The van der Waals surface area contributed by atoms with E-state index in [1.807, 2.05) is 18.1 Å². The van der Waals surface area contributed by atoms with Crippen molar-refractivity contribution in [2.45, 2.75) is 32.4 Å². The molecule has 1 fully saturated rings. The highest BCUT2D eigenvalue weighted by Gasteiger charge is 2.36. The second kappa shape index (κ2) is 7.67. The minimum atomic E-state index is -4.57. The summed E-state index contributed by atoms with van der Waals surface area (Å²) in [5, 5.41) is 9.28. The SMILES string of the molecule is Cc1nc(Nc2ncc(C)s2)cc([C@@H]2CCN(C(=O)c3cc(C(F)(F)F)[nH]n3)C2)n1. The molecular weight excluding hydrogens is 419 g/mol. The molecule has 1 aliphatic heterocycles. The highest BCUT2D eigenvalue weighted by atomic mass is 32.1. The Labute approximate surface area is 173 Å². The zero-order valence-electron chi connectivity index (χ0n) is 16.1. The molecule has 1 amide bonds. The molecule has 0 aliphatic carbocycles. The monoisotopic (exact) mass is 437 g/mol. The summed E-state index contributed by atoms with van der Waals surface area (Å²) >= 11 is 1.51. The average molecular weight is 437 g/mol. The first kappa shape index (κ1) is 20.3. The Morgan fingerprint density at radius 2 is 2.10 bits per heavy atom. The number of likely N-dealkylation sites (tertiary alicyclic amines) is 1. The molecule has 4 rings (SSSR count). The fraction of sp³-hybridized carbons (Fsp3) is 0.389. The zero-order chi connectivity index (χ0) is 21.5. The van der Waals surface area contributed by atoms with Gasteiger partial charge in [-0.3, -0.25) is 9.89 Å². The number of nitrogens with zero attached hydrogens (tertiary/aromatic N) is 5. The van der Waals surface area contributed by atoms with Crippen molar-refractivity contribution >= 4 is 28.2 Å². The molecule has 2 N–H and O–H groups in total. The maximum absolute atomic E-state index is 12.7. The van der Waals surface area contributed by atoms with Crippen molar-refractivity contribution in [3.63, 3.8) is 0 Å². The molecule has 4 heterocycles. The molecule has 0 aromatic carbocycles. The Hall–Kier alpha value is -3.02. The van der Waals surface area contributed by atoms with E-state index >= 15 is 0 Å². The van der Waals surface area contributed by atoms with Crippen LogP contribution in [0.15, 0.2) is 18.3 Å². The average Bonchev–Trinajstić information content (AvgIpc) is 3.41. The lowest BCUT2D eigenvalue weighted by Crippen LogP contribution is -2.28. The first-order valence-corrected chi connectivity index (χ1v) is 9.97. The molecule has 0 radical (unpaired) electrons. The van der Waals surface area contributed by atoms with Gasteiger partial charge in [0.25, 0.3) is 5.91 Å². The second-order valence-corrected chi connectivity index (χ2v) is 8.26. The van der Waals surface area contributed by atoms with Gasteiger partial charge < -0.3 is 10.2 Å². The van der Waals surface area contributed by atoms with Crippen LogP contribution in [0.25, 0.3) is 0 Å². The third-order valence-corrected chi connectivity index (χ3v) is 5.54. The van der Waals surface area contributed by atoms with Gasteiger partial charge in [0.15, 0.2) is 10.8 Å². The molecule has 1 saturated heterocycles. The van der Waals surface area contributed by atoms with Crippen molar-refractivity contribution in [3.05, 3.63) is 46.1 Å². The summed E-state index contributed by atoms with van der Waals surface area (Å²) in [7, 11) is 0. The van der Waals surface area contributed by atoms with Crippen LogP contribution in [0.5, 0.6) is 0 Å². The summed E-state index contributed by atoms with van der Waals surface area (Å²) in [4.78, 5) is 28.3. The van der Waals surface area contributed by atoms with Gasteiger partial charge in [-0.25, -0.2) is 15.0 Å². The number of rotatable bonds is 4. The number of carbonyl (C=O) groups excluding carboxylic acids is 1. The smallest absolute Gasteiger partial charge is 0.337 e. The van der Waals surface area contributed by atoms with E-state index in [4.69, 9.17) is 0 Å². The van der Waals surface area contributed by atoms with E-state index in [2.05, 4.69) is 25.4 Å². The van der Waals surface area contributed by atoms with Gasteiger partial charge in [0, 0.05) is 42.2 Å². The lowest BCUT2D eigenvalue weighted by molar-refractivity contribution is -0.141. The van der Waals surface area contributed by atoms with Crippen molar-refractivity contribution < 1.29 is 18.0 Å². The van der Waals surface area contributed by atoms with Crippen LogP contribution in [0.2, 0.25) is 0 Å². The summed E-state index contributed by atoms with van der Waals surface area (Å²) in [6.45, 7) is 4.50. The number of hydrogen-bond donors (Lipinski definition) is 2. The van der Waals surface area contributed by atoms with Crippen LogP contribution < -0.4 is 5.32 Å². The number of amides is 1. The third kappa shape index (κ3) is 4.27. The van der Waals surface area contributed by atoms with Gasteiger partial charge >= 0.3 is 6.18 Å². The van der Waals surface area contributed by atoms with Gasteiger partial charge in [0.2, 0.25) is 0 Å². The summed E-state index contributed by atoms with van der Waals surface area (Å²) in [6, 6.07) is 2.56. The van der Waals surface area contributed by atoms with Gasteiger partial charge in [-0.1, -0.05) is 0 Å². The van der Waals surface area contributed by atoms with E-state index in [1.165, 1.54) is 16.2 Å². The fourth-order valence-corrected chi connectivity index (χ4v) is 3.98. The minimum Gasteiger partial charge on any atom is -0.337 e. The fourth-order valence-electron chi connectivity index (χ4n) is 3.31. The van der Waals surface area contributed by atoms with Crippen LogP contribution in [0, 0.1) is 13.8 Å². The molecule has 1 aliphatic rings. The Morgan fingerprint density at radius 1 is 1.30 bits per heavy atom. The molecule has 1 atom stereocenters. The predicted octanol–water partition coefficient (Wildman–Crippen LogP) is 3.67. The lowest BCUT2D eigenvalue weighted by atomic mass is 10.0. The maximum Gasteiger partial charge on any atom is 0.432 e. The van der Waals surface area contributed by atoms with E-state index in [1.54, 1.807) is 13.1 Å². The molecule has 0 saturated carbocycles. The number of halogens is 3. The molecular formula is C18H18F3N7OS. The summed E-state index contributed by atoms with van der Waals surface area (Å²) in [5.41, 5.74) is -0.518. The van der Waals surface area contributed by atoms with Gasteiger partial charge in [-0.05, 0) is 20.3 Å². The maximum atomic E-state index is 12.7. The van der Waals surface area contributed by atoms with Crippen molar-refractivity contribution in [1.29, 1.82) is 0 Å². The van der Waals surface area contributed by atoms with Gasteiger partial charge in [0.1, 0.15) is 17.3 Å². The number of aryl methyl sites for hydroxylation is 2. The van der Waals surface area contributed by atoms with E-state index in [0.717, 1.165) is 21.8 Å². The van der Waals surface area contributed by atoms with Crippen LogP contribution in [0.1, 0.15) is 44.9 Å². The highest BCUT2D eigenvalue weighted by molar-refractivity contribution is 7.15. The quantitative estimate of drug-likeness (QED) is 0.646. The standard InChI is InChI=1S/C18H18F3N7OS/c1-9-7-22-17(30-9)25-15-6-12(23-10(2)24-15)11-3-4-28(8-11)16(29)13-5-14(27-26-13)18(19,20)21/h5-7,11H,3-4,8H2,1-2H3,(H,26,27)(H,22,23,24,25)/t11-/m1/s1. The van der Waals surface area contributed by atoms with Crippen molar-refractivity contribution in [2.75, 3.05) is 18.4 Å². The molecule has 3 aromatic rings. The number of alkyl halides is 3. The first-order valence-electron chi connectivity index (χ1n) is 9.16. The van der Waals surface area contributed by atoms with Gasteiger partial charge in [0.05, 0.1) is 5.69 Å². The zero-order valence-corrected chi connectivity index (χ0v) is 16.9. The molecule has 0 spiro atoms. The molecule has 3 aromatic heterocycles.